The Morgan fingerprint density at radius 2 is 1.96 bits per heavy atom. The number of carbonyl (C=O) groups is 1. The summed E-state index contributed by atoms with van der Waals surface area (Å²) in [6.45, 7) is 0. The molecule has 1 N–H and O–H groups in total. The van der Waals surface area contributed by atoms with Crippen molar-refractivity contribution in [3.63, 3.8) is 0 Å². The minimum Gasteiger partial charge on any atom is -0.463 e. The Labute approximate surface area is 165 Å². The predicted molar refractivity (Wildman–Crippen MR) is 99.7 cm³/mol. The first-order valence-electron chi connectivity index (χ1n) is 9.34. The second-order valence-corrected chi connectivity index (χ2v) is 7.81. The van der Waals surface area contributed by atoms with Crippen molar-refractivity contribution >= 4 is 17.7 Å². The molecule has 1 saturated carbocycles. The molecule has 0 aromatic carbocycles. The molecule has 0 unspecified atom stereocenters. The maximum Gasteiger partial charge on any atom is 0.433 e. The number of carbonyl (C=O) groups excluding carboxylic acids is 1. The predicted octanol–water partition coefficient (Wildman–Crippen LogP) is 5.08. The zero-order valence-corrected chi connectivity index (χ0v) is 16.1. The molecule has 1 amide bonds. The lowest BCUT2D eigenvalue weighted by atomic mass is 10.1. The third-order valence-electron chi connectivity index (χ3n) is 4.55. The topological polar surface area (TPSA) is 68.0 Å². The number of alkyl halides is 3. The molecule has 0 spiro atoms. The quantitative estimate of drug-likeness (QED) is 0.407. The SMILES string of the molecule is O=C(CCSc1nc(-c2ccco2)cc(C(F)(F)F)n1)NC1CCCCCC1. The Balaban J connectivity index is 1.60. The summed E-state index contributed by atoms with van der Waals surface area (Å²) < 4.78 is 44.6. The second kappa shape index (κ2) is 9.45. The van der Waals surface area contributed by atoms with Crippen molar-refractivity contribution in [1.29, 1.82) is 0 Å². The Kier molecular flexibility index (Phi) is 6.98. The molecular weight excluding hydrogens is 391 g/mol. The number of amides is 1. The van der Waals surface area contributed by atoms with Crippen molar-refractivity contribution in [2.24, 2.45) is 0 Å². The second-order valence-electron chi connectivity index (χ2n) is 6.75. The van der Waals surface area contributed by atoms with E-state index in [4.69, 9.17) is 4.42 Å². The minimum atomic E-state index is -4.59. The summed E-state index contributed by atoms with van der Waals surface area (Å²) in [6.07, 6.45) is 3.60. The van der Waals surface area contributed by atoms with Gasteiger partial charge in [-0.3, -0.25) is 4.79 Å². The van der Waals surface area contributed by atoms with Crippen molar-refractivity contribution in [3.05, 3.63) is 30.2 Å². The fourth-order valence-electron chi connectivity index (χ4n) is 3.14. The van der Waals surface area contributed by atoms with Gasteiger partial charge in [0.2, 0.25) is 5.91 Å². The Hall–Kier alpha value is -2.03. The largest absolute Gasteiger partial charge is 0.463 e. The average molecular weight is 413 g/mol. The normalized spacial score (nSPS) is 16.0. The van der Waals surface area contributed by atoms with Gasteiger partial charge in [-0.2, -0.15) is 13.2 Å². The van der Waals surface area contributed by atoms with Gasteiger partial charge in [0.15, 0.2) is 10.9 Å². The summed E-state index contributed by atoms with van der Waals surface area (Å²) in [7, 11) is 0. The fourth-order valence-corrected chi connectivity index (χ4v) is 3.94. The molecule has 152 valence electrons. The van der Waals surface area contributed by atoms with Crippen LogP contribution in [0.3, 0.4) is 0 Å². The smallest absolute Gasteiger partial charge is 0.433 e. The first kappa shape index (κ1) is 20.7. The van der Waals surface area contributed by atoms with Gasteiger partial charge >= 0.3 is 6.18 Å². The van der Waals surface area contributed by atoms with Gasteiger partial charge in [-0.1, -0.05) is 37.4 Å². The monoisotopic (exact) mass is 413 g/mol. The van der Waals surface area contributed by atoms with Gasteiger partial charge in [0.25, 0.3) is 0 Å². The summed E-state index contributed by atoms with van der Waals surface area (Å²) in [4.78, 5) is 19.9. The molecule has 2 aromatic heterocycles. The van der Waals surface area contributed by atoms with Gasteiger partial charge in [-0.15, -0.1) is 0 Å². The zero-order chi connectivity index (χ0) is 20.0. The highest BCUT2D eigenvalue weighted by Crippen LogP contribution is 2.32. The Bertz CT molecular complexity index is 773. The van der Waals surface area contributed by atoms with E-state index in [0.717, 1.165) is 43.5 Å². The number of aromatic nitrogens is 2. The van der Waals surface area contributed by atoms with Crippen LogP contribution < -0.4 is 5.32 Å². The highest BCUT2D eigenvalue weighted by Gasteiger charge is 2.34. The summed E-state index contributed by atoms with van der Waals surface area (Å²) >= 11 is 1.03. The van der Waals surface area contributed by atoms with E-state index in [-0.39, 0.29) is 35.0 Å². The van der Waals surface area contributed by atoms with Gasteiger partial charge in [-0.05, 0) is 31.0 Å². The molecule has 3 rings (SSSR count). The van der Waals surface area contributed by atoms with Crippen LogP contribution in [0.25, 0.3) is 11.5 Å². The summed E-state index contributed by atoms with van der Waals surface area (Å²) in [5.41, 5.74) is -0.961. The van der Waals surface area contributed by atoms with Gasteiger partial charge in [0.1, 0.15) is 11.4 Å². The summed E-state index contributed by atoms with van der Waals surface area (Å²) in [6, 6.07) is 4.18. The van der Waals surface area contributed by atoms with Gasteiger partial charge in [0.05, 0.1) is 6.26 Å². The standard InChI is InChI=1S/C19H22F3N3O2S/c20-19(21,22)16-12-14(15-8-5-10-27-15)24-18(25-16)28-11-9-17(26)23-13-6-3-1-2-4-7-13/h5,8,10,12-13H,1-4,6-7,9,11H2,(H,23,26). The maximum absolute atomic E-state index is 13.1. The molecular formula is C19H22F3N3O2S. The number of halogens is 3. The number of rotatable bonds is 6. The minimum absolute atomic E-state index is 0.0245. The lowest BCUT2D eigenvalue weighted by molar-refractivity contribution is -0.141. The van der Waals surface area contributed by atoms with E-state index >= 15 is 0 Å². The molecule has 0 aliphatic heterocycles. The first-order chi connectivity index (χ1) is 13.4. The third-order valence-corrected chi connectivity index (χ3v) is 5.40. The molecule has 0 saturated heterocycles. The molecule has 2 heterocycles. The van der Waals surface area contributed by atoms with Crippen molar-refractivity contribution in [3.8, 4) is 11.5 Å². The van der Waals surface area contributed by atoms with Crippen LogP contribution in [-0.2, 0) is 11.0 Å². The molecule has 0 bridgehead atoms. The van der Waals surface area contributed by atoms with E-state index in [0.29, 0.717) is 5.75 Å². The van der Waals surface area contributed by atoms with Crippen molar-refractivity contribution in [2.75, 3.05) is 5.75 Å². The molecule has 1 fully saturated rings. The summed E-state index contributed by atoms with van der Waals surface area (Å²) in [5, 5.41) is 3.00. The molecule has 9 heteroatoms. The highest BCUT2D eigenvalue weighted by molar-refractivity contribution is 7.99. The Morgan fingerprint density at radius 3 is 2.61 bits per heavy atom. The molecule has 1 aliphatic rings. The number of nitrogens with zero attached hydrogens (tertiary/aromatic N) is 2. The van der Waals surface area contributed by atoms with E-state index < -0.39 is 11.9 Å². The third kappa shape index (κ3) is 5.98. The molecule has 5 nitrogen and oxygen atoms in total. The number of furan rings is 1. The molecule has 1 aliphatic carbocycles. The van der Waals surface area contributed by atoms with E-state index in [9.17, 15) is 18.0 Å². The van der Waals surface area contributed by atoms with E-state index in [1.165, 1.54) is 25.2 Å². The van der Waals surface area contributed by atoms with Crippen molar-refractivity contribution in [2.45, 2.75) is 62.3 Å². The van der Waals surface area contributed by atoms with Crippen LogP contribution in [-0.4, -0.2) is 27.7 Å². The molecule has 0 radical (unpaired) electrons. The number of hydrogen-bond donors (Lipinski definition) is 1. The molecule has 28 heavy (non-hydrogen) atoms. The molecule has 2 aromatic rings. The fraction of sp³-hybridized carbons (Fsp3) is 0.526. The Morgan fingerprint density at radius 1 is 1.21 bits per heavy atom. The first-order valence-corrected chi connectivity index (χ1v) is 10.3. The summed E-state index contributed by atoms with van der Waals surface area (Å²) in [5.74, 6) is 0.454. The van der Waals surface area contributed by atoms with Crippen LogP contribution in [0, 0.1) is 0 Å². The van der Waals surface area contributed by atoms with Crippen LogP contribution in [0.5, 0.6) is 0 Å². The van der Waals surface area contributed by atoms with E-state index in [1.54, 1.807) is 6.07 Å². The van der Waals surface area contributed by atoms with Crippen LogP contribution in [0.4, 0.5) is 13.2 Å². The van der Waals surface area contributed by atoms with E-state index in [2.05, 4.69) is 15.3 Å². The van der Waals surface area contributed by atoms with Crippen molar-refractivity contribution < 1.29 is 22.4 Å². The highest BCUT2D eigenvalue weighted by atomic mass is 32.2. The van der Waals surface area contributed by atoms with Gasteiger partial charge in [-0.25, -0.2) is 9.97 Å². The number of thioether (sulfide) groups is 1. The lowest BCUT2D eigenvalue weighted by Crippen LogP contribution is -2.34. The van der Waals surface area contributed by atoms with Gasteiger partial charge in [0, 0.05) is 18.2 Å². The average Bonchev–Trinajstić information content (AvgIpc) is 3.07. The van der Waals surface area contributed by atoms with Crippen LogP contribution >= 0.6 is 11.8 Å². The van der Waals surface area contributed by atoms with Crippen LogP contribution in [0.15, 0.2) is 34.0 Å². The lowest BCUT2D eigenvalue weighted by Gasteiger charge is -2.16. The van der Waals surface area contributed by atoms with Crippen LogP contribution in [0.1, 0.15) is 50.6 Å². The number of nitrogens with one attached hydrogen (secondary N) is 1. The zero-order valence-electron chi connectivity index (χ0n) is 15.3. The number of hydrogen-bond acceptors (Lipinski definition) is 5. The van der Waals surface area contributed by atoms with Gasteiger partial charge < -0.3 is 9.73 Å². The van der Waals surface area contributed by atoms with Crippen LogP contribution in [0.2, 0.25) is 0 Å². The van der Waals surface area contributed by atoms with Crippen molar-refractivity contribution in [1.82, 2.24) is 15.3 Å². The van der Waals surface area contributed by atoms with E-state index in [1.807, 2.05) is 0 Å². The molecule has 0 atom stereocenters. The maximum atomic E-state index is 13.1.